The Kier molecular flexibility index (Phi) is 5.99. The van der Waals surface area contributed by atoms with Gasteiger partial charge in [0.25, 0.3) is 0 Å². The van der Waals surface area contributed by atoms with Crippen LogP contribution in [0.2, 0.25) is 17.3 Å². The molecule has 2 nitrogen and oxygen atoms in total. The zero-order valence-corrected chi connectivity index (χ0v) is 24.6. The topological polar surface area (TPSA) is 17.0 Å². The second kappa shape index (κ2) is 9.25. The van der Waals surface area contributed by atoms with Crippen molar-refractivity contribution >= 4 is 39.6 Å². The third-order valence-electron chi connectivity index (χ3n) is 7.46. The number of hydrogen-bond acceptors (Lipinski definition) is 1. The van der Waals surface area contributed by atoms with Crippen molar-refractivity contribution in [1.29, 1.82) is 0 Å². The monoisotopic (exact) mass is 562 g/mol. The second-order valence-electron chi connectivity index (χ2n) is 11.1. The molecule has 0 bridgehead atoms. The number of fused-ring (bicyclic) bond motifs is 3. The summed E-state index contributed by atoms with van der Waals surface area (Å²) < 4.78 is 25.9. The van der Waals surface area contributed by atoms with Gasteiger partial charge in [-0.1, -0.05) is 6.07 Å². The van der Waals surface area contributed by atoms with Gasteiger partial charge >= 0.3 is 220 Å². The zero-order valence-electron chi connectivity index (χ0n) is 22.5. The number of furan rings is 1. The van der Waals surface area contributed by atoms with Crippen molar-refractivity contribution in [2.24, 2.45) is 7.05 Å². The number of halogens is 1. The number of aromatic nitrogens is 1. The molecule has 4 aromatic carbocycles. The van der Waals surface area contributed by atoms with Crippen LogP contribution in [0.15, 0.2) is 102 Å². The summed E-state index contributed by atoms with van der Waals surface area (Å²) in [5, 5.41) is 2.12. The molecule has 38 heavy (non-hydrogen) atoms. The van der Waals surface area contributed by atoms with Crippen molar-refractivity contribution < 1.29 is 13.4 Å². The molecule has 0 saturated heterocycles. The molecule has 4 heteroatoms. The third kappa shape index (κ3) is 4.06. The molecule has 0 saturated carbocycles. The van der Waals surface area contributed by atoms with E-state index >= 15 is 4.39 Å². The average Bonchev–Trinajstić information content (AvgIpc) is 3.28. The van der Waals surface area contributed by atoms with Crippen LogP contribution in [-0.4, -0.2) is 13.3 Å². The van der Waals surface area contributed by atoms with Gasteiger partial charge in [-0.2, -0.15) is 0 Å². The molecule has 188 valence electrons. The van der Waals surface area contributed by atoms with Crippen LogP contribution in [-0.2, 0) is 7.05 Å². The molecule has 6 rings (SSSR count). The molecule has 0 aliphatic heterocycles. The minimum atomic E-state index is -2.34. The van der Waals surface area contributed by atoms with Gasteiger partial charge < -0.3 is 0 Å². The summed E-state index contributed by atoms with van der Waals surface area (Å²) in [6, 6.07) is 30.4. The van der Waals surface area contributed by atoms with Crippen LogP contribution in [0.4, 0.5) is 4.39 Å². The summed E-state index contributed by atoms with van der Waals surface area (Å²) in [6.45, 7) is 2.16. The fourth-order valence-electron chi connectivity index (χ4n) is 5.54. The Labute approximate surface area is 225 Å². The van der Waals surface area contributed by atoms with Gasteiger partial charge in [0.05, 0.1) is 0 Å². The van der Waals surface area contributed by atoms with E-state index in [1.165, 1.54) is 9.96 Å². The first-order valence-corrected chi connectivity index (χ1v) is 20.4. The number of rotatable bonds is 4. The maximum absolute atomic E-state index is 15.6. The summed E-state index contributed by atoms with van der Waals surface area (Å²) in [5.74, 6) is 6.94. The Bertz CT molecular complexity index is 1810. The van der Waals surface area contributed by atoms with Gasteiger partial charge in [-0.25, -0.2) is 0 Å². The van der Waals surface area contributed by atoms with Gasteiger partial charge in [0.15, 0.2) is 0 Å². The van der Waals surface area contributed by atoms with E-state index in [-0.39, 0.29) is 5.82 Å². The summed E-state index contributed by atoms with van der Waals surface area (Å²) in [6.07, 6.45) is 2.05. The Morgan fingerprint density at radius 3 is 2.05 bits per heavy atom. The van der Waals surface area contributed by atoms with Crippen molar-refractivity contribution in [3.63, 3.8) is 0 Å². The van der Waals surface area contributed by atoms with Crippen molar-refractivity contribution in [3.8, 4) is 33.5 Å². The van der Waals surface area contributed by atoms with Crippen molar-refractivity contribution in [1.82, 2.24) is 0 Å². The summed E-state index contributed by atoms with van der Waals surface area (Å²) in [5.41, 5.74) is 8.37. The third-order valence-corrected chi connectivity index (χ3v) is 11.7. The van der Waals surface area contributed by atoms with Gasteiger partial charge in [-0.05, 0) is 0 Å². The van der Waals surface area contributed by atoms with Gasteiger partial charge in [0.2, 0.25) is 0 Å². The quantitative estimate of drug-likeness (QED) is 0.156. The molecule has 2 heterocycles. The summed E-state index contributed by atoms with van der Waals surface area (Å²) in [4.78, 5) is 0. The average molecular weight is 561 g/mol. The molecule has 0 fully saturated rings. The SMILES string of the molecule is Cc1c[c]([Ge]([CH3])([CH3])[CH3])c2c(oc3c(-c4ccc(-c5ccccc5)cc4)c(F)ccc32)c1-c1cccc[n+]1C. The Morgan fingerprint density at radius 2 is 1.37 bits per heavy atom. The van der Waals surface area contributed by atoms with Gasteiger partial charge in [0, 0.05) is 0 Å². The number of pyridine rings is 1. The van der Waals surface area contributed by atoms with E-state index in [1.54, 1.807) is 6.07 Å². The predicted molar refractivity (Wildman–Crippen MR) is 159 cm³/mol. The predicted octanol–water partition coefficient (Wildman–Crippen LogP) is 8.40. The van der Waals surface area contributed by atoms with Gasteiger partial charge in [-0.15, -0.1) is 0 Å². The molecule has 0 aliphatic carbocycles. The number of nitrogens with zero attached hydrogens (tertiary/aromatic N) is 1. The van der Waals surface area contributed by atoms with Crippen LogP contribution < -0.4 is 8.96 Å². The molecular weight excluding hydrogens is 530 g/mol. The minimum absolute atomic E-state index is 0.272. The van der Waals surface area contributed by atoms with Crippen LogP contribution in [0.25, 0.3) is 55.4 Å². The van der Waals surface area contributed by atoms with E-state index < -0.39 is 13.3 Å². The van der Waals surface area contributed by atoms with E-state index in [0.717, 1.165) is 44.3 Å². The molecule has 0 spiro atoms. The van der Waals surface area contributed by atoms with Crippen LogP contribution in [0.5, 0.6) is 0 Å². The standard InChI is InChI=1S/C34H31FGeNO/c1-22-21-28(36(2,3)4)32-26-18-19-27(35)31(25-16-14-24(15-17-25)23-11-7-6-8-12-23)33(26)38-34(32)30(22)29-13-9-10-20-37(29)5/h6-21H,1-5H3/q+1. The van der Waals surface area contributed by atoms with E-state index in [0.29, 0.717) is 11.1 Å². The molecule has 0 amide bonds. The Hall–Kier alpha value is -3.70. The van der Waals surface area contributed by atoms with E-state index in [1.807, 2.05) is 42.5 Å². The molecule has 0 unspecified atom stereocenters. The molecule has 0 radical (unpaired) electrons. The Morgan fingerprint density at radius 1 is 0.711 bits per heavy atom. The molecule has 0 aliphatic rings. The van der Waals surface area contributed by atoms with Crippen molar-refractivity contribution in [3.05, 3.63) is 109 Å². The van der Waals surface area contributed by atoms with Crippen LogP contribution >= 0.6 is 0 Å². The van der Waals surface area contributed by atoms with E-state index in [9.17, 15) is 0 Å². The summed E-state index contributed by atoms with van der Waals surface area (Å²) in [7, 11) is 2.05. The second-order valence-corrected chi connectivity index (χ2v) is 21.7. The molecule has 0 atom stereocenters. The zero-order chi connectivity index (χ0) is 26.6. The van der Waals surface area contributed by atoms with E-state index in [2.05, 4.69) is 84.5 Å². The van der Waals surface area contributed by atoms with E-state index in [4.69, 9.17) is 4.42 Å². The number of aryl methyl sites for hydroxylation is 2. The van der Waals surface area contributed by atoms with Gasteiger partial charge in [-0.3, -0.25) is 0 Å². The normalized spacial score (nSPS) is 11.9. The fraction of sp³-hybridized carbons (Fsp3) is 0.147. The number of benzene rings is 4. The Balaban J connectivity index is 1.67. The first-order chi connectivity index (χ1) is 18.2. The molecule has 0 N–H and O–H groups in total. The molecule has 2 aromatic heterocycles. The molecular formula is C34H31FGeNO+. The van der Waals surface area contributed by atoms with Crippen LogP contribution in [0.1, 0.15) is 5.56 Å². The first-order valence-electron chi connectivity index (χ1n) is 13.0. The maximum atomic E-state index is 15.6. The fourth-order valence-corrected chi connectivity index (χ4v) is 9.00. The number of hydrogen-bond donors (Lipinski definition) is 0. The van der Waals surface area contributed by atoms with Crippen LogP contribution in [0.3, 0.4) is 0 Å². The van der Waals surface area contributed by atoms with Crippen LogP contribution in [0, 0.1) is 12.7 Å². The van der Waals surface area contributed by atoms with Crippen molar-refractivity contribution in [2.45, 2.75) is 24.2 Å². The molecule has 6 aromatic rings. The summed E-state index contributed by atoms with van der Waals surface area (Å²) >= 11 is -2.34. The first kappa shape index (κ1) is 24.6. The van der Waals surface area contributed by atoms with Crippen molar-refractivity contribution in [2.75, 3.05) is 0 Å². The van der Waals surface area contributed by atoms with Gasteiger partial charge in [0.1, 0.15) is 0 Å².